The Bertz CT molecular complexity index is 565. The van der Waals surface area contributed by atoms with Crippen molar-refractivity contribution >= 4 is 11.3 Å². The maximum absolute atomic E-state index is 5.89. The quantitative estimate of drug-likeness (QED) is 0.562. The fourth-order valence-corrected chi connectivity index (χ4v) is 2.74. The number of rotatable bonds is 9. The summed E-state index contributed by atoms with van der Waals surface area (Å²) in [5.74, 6) is 0.913. The molecule has 1 aromatic heterocycles. The highest BCUT2D eigenvalue weighted by atomic mass is 32.1. The first-order valence-electron chi connectivity index (χ1n) is 7.29. The van der Waals surface area contributed by atoms with Crippen LogP contribution >= 0.6 is 11.3 Å². The summed E-state index contributed by atoms with van der Waals surface area (Å²) in [6.07, 6.45) is 3.85. The van der Waals surface area contributed by atoms with Gasteiger partial charge in [0.1, 0.15) is 17.4 Å². The van der Waals surface area contributed by atoms with Crippen LogP contribution in [-0.2, 0) is 19.6 Å². The molecule has 112 valence electrons. The van der Waals surface area contributed by atoms with Gasteiger partial charge in [-0.1, -0.05) is 31.2 Å². The number of aromatic nitrogens is 1. The summed E-state index contributed by atoms with van der Waals surface area (Å²) in [5, 5.41) is 6.54. The van der Waals surface area contributed by atoms with Crippen LogP contribution in [-0.4, -0.2) is 11.5 Å². The third-order valence-electron chi connectivity index (χ3n) is 3.01. The zero-order valence-corrected chi connectivity index (χ0v) is 13.3. The van der Waals surface area contributed by atoms with Crippen molar-refractivity contribution in [1.29, 1.82) is 0 Å². The van der Waals surface area contributed by atoms with Gasteiger partial charge in [0, 0.05) is 11.9 Å². The van der Waals surface area contributed by atoms with Crippen molar-refractivity contribution < 1.29 is 4.74 Å². The van der Waals surface area contributed by atoms with E-state index in [0.717, 1.165) is 47.9 Å². The summed E-state index contributed by atoms with van der Waals surface area (Å²) in [7, 11) is 0. The predicted octanol–water partition coefficient (Wildman–Crippen LogP) is 3.95. The SMILES string of the molecule is C=CCc1ccccc1OCc1csc(CNCCC)n1. The van der Waals surface area contributed by atoms with Crippen LogP contribution in [0.5, 0.6) is 5.75 Å². The second kappa shape index (κ2) is 8.60. The van der Waals surface area contributed by atoms with E-state index >= 15 is 0 Å². The van der Waals surface area contributed by atoms with Crippen molar-refractivity contribution in [2.75, 3.05) is 6.54 Å². The number of para-hydroxylation sites is 1. The molecule has 0 spiro atoms. The molecule has 0 fully saturated rings. The molecule has 0 saturated carbocycles. The monoisotopic (exact) mass is 302 g/mol. The van der Waals surface area contributed by atoms with Gasteiger partial charge in [-0.25, -0.2) is 4.98 Å². The summed E-state index contributed by atoms with van der Waals surface area (Å²) in [6.45, 7) is 8.32. The van der Waals surface area contributed by atoms with Crippen LogP contribution in [0.2, 0.25) is 0 Å². The standard InChI is InChI=1S/C17H22N2OS/c1-3-7-14-8-5-6-9-16(14)20-12-15-13-21-17(19-15)11-18-10-4-2/h3,5-6,8-9,13,18H,1,4,7,10-12H2,2H3. The molecule has 21 heavy (non-hydrogen) atoms. The number of allylic oxidation sites excluding steroid dienone is 1. The first kappa shape index (κ1) is 15.7. The third-order valence-corrected chi connectivity index (χ3v) is 3.91. The molecule has 0 radical (unpaired) electrons. The highest BCUT2D eigenvalue weighted by Crippen LogP contribution is 2.20. The molecule has 0 aliphatic carbocycles. The van der Waals surface area contributed by atoms with Crippen molar-refractivity contribution in [3.63, 3.8) is 0 Å². The van der Waals surface area contributed by atoms with E-state index in [9.17, 15) is 0 Å². The highest BCUT2D eigenvalue weighted by Gasteiger charge is 2.05. The summed E-state index contributed by atoms with van der Waals surface area (Å²) in [5.41, 5.74) is 2.15. The summed E-state index contributed by atoms with van der Waals surface area (Å²) in [4.78, 5) is 4.58. The van der Waals surface area contributed by atoms with E-state index in [-0.39, 0.29) is 0 Å². The number of thiazole rings is 1. The van der Waals surface area contributed by atoms with E-state index in [0.29, 0.717) is 6.61 Å². The van der Waals surface area contributed by atoms with Gasteiger partial charge < -0.3 is 10.1 Å². The molecule has 0 aliphatic heterocycles. The first-order chi connectivity index (χ1) is 10.3. The second-order valence-electron chi connectivity index (χ2n) is 4.80. The van der Waals surface area contributed by atoms with Crippen molar-refractivity contribution in [1.82, 2.24) is 10.3 Å². The molecule has 0 saturated heterocycles. The number of nitrogens with zero attached hydrogens (tertiary/aromatic N) is 1. The molecule has 1 aromatic carbocycles. The Hall–Kier alpha value is -1.65. The van der Waals surface area contributed by atoms with Gasteiger partial charge in [0.2, 0.25) is 0 Å². The van der Waals surface area contributed by atoms with Gasteiger partial charge >= 0.3 is 0 Å². The number of hydrogen-bond acceptors (Lipinski definition) is 4. The molecule has 2 aromatic rings. The summed E-state index contributed by atoms with van der Waals surface area (Å²) < 4.78 is 5.89. The van der Waals surface area contributed by atoms with Crippen molar-refractivity contribution in [2.45, 2.75) is 32.9 Å². The normalized spacial score (nSPS) is 10.5. The van der Waals surface area contributed by atoms with E-state index < -0.39 is 0 Å². The van der Waals surface area contributed by atoms with E-state index in [1.54, 1.807) is 11.3 Å². The lowest BCUT2D eigenvalue weighted by Crippen LogP contribution is -2.13. The zero-order valence-electron chi connectivity index (χ0n) is 12.5. The molecular weight excluding hydrogens is 280 g/mol. The average Bonchev–Trinajstić information content (AvgIpc) is 2.95. The Morgan fingerprint density at radius 3 is 3.05 bits per heavy atom. The van der Waals surface area contributed by atoms with Gasteiger partial charge in [-0.15, -0.1) is 17.9 Å². The topological polar surface area (TPSA) is 34.1 Å². The van der Waals surface area contributed by atoms with Crippen LogP contribution in [0, 0.1) is 0 Å². The fourth-order valence-electron chi connectivity index (χ4n) is 1.99. The lowest BCUT2D eigenvalue weighted by Gasteiger charge is -2.08. The molecule has 4 heteroatoms. The highest BCUT2D eigenvalue weighted by molar-refractivity contribution is 7.09. The van der Waals surface area contributed by atoms with E-state index in [2.05, 4.69) is 35.2 Å². The Labute approximate surface area is 130 Å². The second-order valence-corrected chi connectivity index (χ2v) is 5.74. The lowest BCUT2D eigenvalue weighted by atomic mass is 10.1. The van der Waals surface area contributed by atoms with E-state index in [4.69, 9.17) is 4.74 Å². The average molecular weight is 302 g/mol. The van der Waals surface area contributed by atoms with Crippen LogP contribution in [0.3, 0.4) is 0 Å². The van der Waals surface area contributed by atoms with Gasteiger partial charge in [-0.2, -0.15) is 0 Å². The fraction of sp³-hybridized carbons (Fsp3) is 0.353. The number of benzene rings is 1. The van der Waals surface area contributed by atoms with Crippen LogP contribution in [0.4, 0.5) is 0 Å². The Morgan fingerprint density at radius 2 is 2.24 bits per heavy atom. The molecule has 0 amide bonds. The maximum Gasteiger partial charge on any atom is 0.131 e. The minimum atomic E-state index is 0.512. The van der Waals surface area contributed by atoms with Crippen LogP contribution in [0.15, 0.2) is 42.3 Å². The summed E-state index contributed by atoms with van der Waals surface area (Å²) in [6, 6.07) is 8.07. The van der Waals surface area contributed by atoms with Crippen molar-refractivity contribution in [3.8, 4) is 5.75 Å². The molecule has 1 heterocycles. The van der Waals surface area contributed by atoms with Crippen molar-refractivity contribution in [2.24, 2.45) is 0 Å². The van der Waals surface area contributed by atoms with Gasteiger partial charge in [-0.3, -0.25) is 0 Å². The van der Waals surface area contributed by atoms with Crippen LogP contribution < -0.4 is 10.1 Å². The number of ether oxygens (including phenoxy) is 1. The zero-order chi connectivity index (χ0) is 14.9. The molecule has 1 N–H and O–H groups in total. The van der Waals surface area contributed by atoms with Gasteiger partial charge in [0.25, 0.3) is 0 Å². The number of nitrogens with one attached hydrogen (secondary N) is 1. The molecule has 0 bridgehead atoms. The predicted molar refractivity (Wildman–Crippen MR) is 88.8 cm³/mol. The van der Waals surface area contributed by atoms with Crippen LogP contribution in [0.1, 0.15) is 29.6 Å². The Morgan fingerprint density at radius 1 is 1.38 bits per heavy atom. The van der Waals surface area contributed by atoms with E-state index in [1.165, 1.54) is 0 Å². The first-order valence-corrected chi connectivity index (χ1v) is 8.17. The molecule has 0 atom stereocenters. The van der Waals surface area contributed by atoms with Gasteiger partial charge in [-0.05, 0) is 31.0 Å². The third kappa shape index (κ3) is 4.99. The molecule has 3 nitrogen and oxygen atoms in total. The van der Waals surface area contributed by atoms with E-state index in [1.807, 2.05) is 24.3 Å². The Kier molecular flexibility index (Phi) is 6.44. The van der Waals surface area contributed by atoms with Crippen molar-refractivity contribution in [3.05, 3.63) is 58.6 Å². The van der Waals surface area contributed by atoms with Gasteiger partial charge in [0.05, 0.1) is 5.69 Å². The minimum Gasteiger partial charge on any atom is -0.487 e. The largest absolute Gasteiger partial charge is 0.487 e. The maximum atomic E-state index is 5.89. The van der Waals surface area contributed by atoms with Gasteiger partial charge in [0.15, 0.2) is 0 Å². The molecule has 2 rings (SSSR count). The molecule has 0 aliphatic rings. The van der Waals surface area contributed by atoms with Crippen LogP contribution in [0.25, 0.3) is 0 Å². The minimum absolute atomic E-state index is 0.512. The summed E-state index contributed by atoms with van der Waals surface area (Å²) >= 11 is 1.68. The smallest absolute Gasteiger partial charge is 0.131 e. The number of hydrogen-bond donors (Lipinski definition) is 1. The molecule has 0 unspecified atom stereocenters. The lowest BCUT2D eigenvalue weighted by molar-refractivity contribution is 0.299. The molecular formula is C17H22N2OS. The Balaban J connectivity index is 1.89.